The Morgan fingerprint density at radius 3 is 2.95 bits per heavy atom. The molecule has 0 radical (unpaired) electrons. The smallest absolute Gasteiger partial charge is 0.0948 e. The number of rotatable bonds is 6. The van der Waals surface area contributed by atoms with Gasteiger partial charge in [0.25, 0.3) is 0 Å². The minimum Gasteiger partial charge on any atom is -0.381 e. The van der Waals surface area contributed by atoms with Crippen LogP contribution in [-0.4, -0.2) is 24.7 Å². The molecule has 2 aromatic rings. The highest BCUT2D eigenvalue weighted by Gasteiger charge is 2.04. The maximum atomic E-state index is 6.16. The molecule has 2 rings (SSSR count). The summed E-state index contributed by atoms with van der Waals surface area (Å²) in [5.41, 5.74) is 1.90. The van der Waals surface area contributed by atoms with Gasteiger partial charge in [0.1, 0.15) is 0 Å². The number of nitrogens with zero attached hydrogens (tertiary/aromatic N) is 1. The van der Waals surface area contributed by atoms with Crippen molar-refractivity contribution >= 4 is 28.2 Å². The van der Waals surface area contributed by atoms with Crippen LogP contribution in [0.15, 0.2) is 30.5 Å². The third-order valence-electron chi connectivity index (χ3n) is 2.73. The largest absolute Gasteiger partial charge is 0.381 e. The maximum Gasteiger partial charge on any atom is 0.0948 e. The summed E-state index contributed by atoms with van der Waals surface area (Å²) in [5.74, 6) is 0.568. The average Bonchev–Trinajstić information content (AvgIpc) is 2.41. The summed E-state index contributed by atoms with van der Waals surface area (Å²) in [6.07, 6.45) is 1.78. The Bertz CT molecular complexity index is 543. The van der Waals surface area contributed by atoms with Crippen LogP contribution in [0.5, 0.6) is 0 Å². The van der Waals surface area contributed by atoms with E-state index >= 15 is 0 Å². The van der Waals surface area contributed by atoms with E-state index in [0.717, 1.165) is 34.8 Å². The first kappa shape index (κ1) is 14.1. The predicted octanol–water partition coefficient (Wildman–Crippen LogP) is 3.97. The summed E-state index contributed by atoms with van der Waals surface area (Å²) in [5, 5.41) is 5.04. The molecule has 0 fully saturated rings. The summed E-state index contributed by atoms with van der Waals surface area (Å²) in [6.45, 7) is 6.53. The number of hydrogen-bond donors (Lipinski definition) is 1. The van der Waals surface area contributed by atoms with Gasteiger partial charge in [-0.3, -0.25) is 4.98 Å². The van der Waals surface area contributed by atoms with Crippen molar-refractivity contribution in [2.75, 3.05) is 25.1 Å². The van der Waals surface area contributed by atoms with Crippen molar-refractivity contribution in [3.05, 3.63) is 35.5 Å². The lowest BCUT2D eigenvalue weighted by Gasteiger charge is -2.11. The summed E-state index contributed by atoms with van der Waals surface area (Å²) < 4.78 is 5.54. The van der Waals surface area contributed by atoms with Gasteiger partial charge in [-0.15, -0.1) is 0 Å². The van der Waals surface area contributed by atoms with Gasteiger partial charge in [-0.05, 0) is 30.2 Å². The maximum absolute atomic E-state index is 6.16. The van der Waals surface area contributed by atoms with Gasteiger partial charge in [0, 0.05) is 24.7 Å². The monoisotopic (exact) mass is 278 g/mol. The Morgan fingerprint density at radius 1 is 1.32 bits per heavy atom. The first-order valence-electron chi connectivity index (χ1n) is 6.53. The van der Waals surface area contributed by atoms with Crippen molar-refractivity contribution in [3.8, 4) is 0 Å². The summed E-state index contributed by atoms with van der Waals surface area (Å²) in [7, 11) is 0. The van der Waals surface area contributed by atoms with Crippen molar-refractivity contribution in [2.45, 2.75) is 13.8 Å². The fraction of sp³-hybridized carbons (Fsp3) is 0.400. The fourth-order valence-corrected chi connectivity index (χ4v) is 2.07. The molecule has 0 aliphatic rings. The van der Waals surface area contributed by atoms with Gasteiger partial charge in [-0.1, -0.05) is 25.4 Å². The second-order valence-electron chi connectivity index (χ2n) is 4.89. The zero-order chi connectivity index (χ0) is 13.7. The van der Waals surface area contributed by atoms with Gasteiger partial charge < -0.3 is 10.1 Å². The SMILES string of the molecule is CC(C)COCCNc1ccc(Cl)c2cccnc12. The second-order valence-corrected chi connectivity index (χ2v) is 5.30. The number of aromatic nitrogens is 1. The first-order valence-corrected chi connectivity index (χ1v) is 6.91. The standard InChI is InChI=1S/C15H19ClN2O/c1-11(2)10-19-9-8-17-14-6-5-13(16)12-4-3-7-18-15(12)14/h3-7,11,17H,8-10H2,1-2H3. The molecule has 4 heteroatoms. The number of benzene rings is 1. The van der Waals surface area contributed by atoms with Gasteiger partial charge in [-0.2, -0.15) is 0 Å². The van der Waals surface area contributed by atoms with Crippen molar-refractivity contribution in [2.24, 2.45) is 5.92 Å². The second kappa shape index (κ2) is 6.73. The van der Waals surface area contributed by atoms with Crippen LogP contribution >= 0.6 is 11.6 Å². The van der Waals surface area contributed by atoms with Gasteiger partial charge >= 0.3 is 0 Å². The Hall–Kier alpha value is -1.32. The lowest BCUT2D eigenvalue weighted by molar-refractivity contribution is 0.118. The van der Waals surface area contributed by atoms with E-state index in [1.165, 1.54) is 0 Å². The normalized spacial score (nSPS) is 11.2. The Balaban J connectivity index is 1.99. The number of halogens is 1. The molecular weight excluding hydrogens is 260 g/mol. The quantitative estimate of drug-likeness (QED) is 0.812. The van der Waals surface area contributed by atoms with Crippen molar-refractivity contribution < 1.29 is 4.74 Å². The fourth-order valence-electron chi connectivity index (χ4n) is 1.86. The van der Waals surface area contributed by atoms with E-state index in [4.69, 9.17) is 16.3 Å². The molecule has 0 spiro atoms. The molecule has 0 aliphatic heterocycles. The van der Waals surface area contributed by atoms with Gasteiger partial charge in [0.15, 0.2) is 0 Å². The van der Waals surface area contributed by atoms with E-state index in [0.29, 0.717) is 12.5 Å². The molecular formula is C15H19ClN2O. The highest BCUT2D eigenvalue weighted by Crippen LogP contribution is 2.27. The lowest BCUT2D eigenvalue weighted by atomic mass is 10.2. The minimum absolute atomic E-state index is 0.568. The Kier molecular flexibility index (Phi) is 5.00. The van der Waals surface area contributed by atoms with Crippen LogP contribution in [0.25, 0.3) is 10.9 Å². The van der Waals surface area contributed by atoms with Crippen molar-refractivity contribution in [3.63, 3.8) is 0 Å². The Morgan fingerprint density at radius 2 is 2.16 bits per heavy atom. The molecule has 1 aromatic heterocycles. The number of ether oxygens (including phenoxy) is 1. The third-order valence-corrected chi connectivity index (χ3v) is 3.06. The molecule has 1 N–H and O–H groups in total. The number of anilines is 1. The van der Waals surface area contributed by atoms with Gasteiger partial charge in [0.05, 0.1) is 22.8 Å². The van der Waals surface area contributed by atoms with E-state index in [9.17, 15) is 0 Å². The minimum atomic E-state index is 0.568. The van der Waals surface area contributed by atoms with Crippen LogP contribution < -0.4 is 5.32 Å². The van der Waals surface area contributed by atoms with Gasteiger partial charge in [-0.25, -0.2) is 0 Å². The number of pyridine rings is 1. The molecule has 0 saturated heterocycles. The highest BCUT2D eigenvalue weighted by molar-refractivity contribution is 6.35. The van der Waals surface area contributed by atoms with E-state index in [-0.39, 0.29) is 0 Å². The van der Waals surface area contributed by atoms with Crippen molar-refractivity contribution in [1.29, 1.82) is 0 Å². The first-order chi connectivity index (χ1) is 9.18. The molecule has 19 heavy (non-hydrogen) atoms. The third kappa shape index (κ3) is 3.82. The topological polar surface area (TPSA) is 34.1 Å². The molecule has 0 aliphatic carbocycles. The summed E-state index contributed by atoms with van der Waals surface area (Å²) in [6, 6.07) is 7.72. The predicted molar refractivity (Wildman–Crippen MR) is 80.9 cm³/mol. The molecule has 0 bridgehead atoms. The zero-order valence-corrected chi connectivity index (χ0v) is 12.1. The molecule has 3 nitrogen and oxygen atoms in total. The summed E-state index contributed by atoms with van der Waals surface area (Å²) >= 11 is 6.16. The highest BCUT2D eigenvalue weighted by atomic mass is 35.5. The number of hydrogen-bond acceptors (Lipinski definition) is 3. The van der Waals surface area contributed by atoms with Crippen molar-refractivity contribution in [1.82, 2.24) is 4.98 Å². The summed E-state index contributed by atoms with van der Waals surface area (Å²) in [4.78, 5) is 4.38. The number of fused-ring (bicyclic) bond motifs is 1. The van der Waals surface area contributed by atoms with Crippen LogP contribution in [0, 0.1) is 5.92 Å². The van der Waals surface area contributed by atoms with E-state index in [1.54, 1.807) is 6.20 Å². The van der Waals surface area contributed by atoms with E-state index < -0.39 is 0 Å². The molecule has 0 atom stereocenters. The van der Waals surface area contributed by atoms with E-state index in [2.05, 4.69) is 24.1 Å². The molecule has 1 heterocycles. The van der Waals surface area contributed by atoms with Crippen LogP contribution in [0.4, 0.5) is 5.69 Å². The van der Waals surface area contributed by atoms with Crippen LogP contribution in [0.3, 0.4) is 0 Å². The molecule has 102 valence electrons. The molecule has 0 saturated carbocycles. The lowest BCUT2D eigenvalue weighted by Crippen LogP contribution is -2.12. The molecule has 0 unspecified atom stereocenters. The Labute approximate surface area is 118 Å². The number of nitrogens with one attached hydrogen (secondary N) is 1. The molecule has 0 amide bonds. The average molecular weight is 279 g/mol. The molecule has 1 aromatic carbocycles. The van der Waals surface area contributed by atoms with Gasteiger partial charge in [0.2, 0.25) is 0 Å². The van der Waals surface area contributed by atoms with Crippen LogP contribution in [0.2, 0.25) is 5.02 Å². The van der Waals surface area contributed by atoms with Crippen LogP contribution in [0.1, 0.15) is 13.8 Å². The zero-order valence-electron chi connectivity index (χ0n) is 11.3. The van der Waals surface area contributed by atoms with E-state index in [1.807, 2.05) is 24.3 Å². The van der Waals surface area contributed by atoms with Crippen LogP contribution in [-0.2, 0) is 4.74 Å².